The Morgan fingerprint density at radius 3 is 2.39 bits per heavy atom. The number of halogens is 1. The number of carbonyl (C=O) groups excluding carboxylic acids is 1. The zero-order valence-electron chi connectivity index (χ0n) is 10.1. The maximum atomic E-state index is 12.7. The third-order valence-electron chi connectivity index (χ3n) is 2.71. The highest BCUT2D eigenvalue weighted by molar-refractivity contribution is 6.07. The molecule has 0 amide bonds. The lowest BCUT2D eigenvalue weighted by Crippen LogP contribution is -1.96. The highest BCUT2D eigenvalue weighted by atomic mass is 19.1. The van der Waals surface area contributed by atoms with Crippen LogP contribution in [0.2, 0.25) is 0 Å². The van der Waals surface area contributed by atoms with Gasteiger partial charge >= 0.3 is 0 Å². The van der Waals surface area contributed by atoms with Crippen molar-refractivity contribution in [2.75, 3.05) is 0 Å². The summed E-state index contributed by atoms with van der Waals surface area (Å²) in [6.07, 6.45) is 3.20. The van der Waals surface area contributed by atoms with E-state index in [0.717, 1.165) is 11.1 Å². The molecule has 1 nitrogen and oxygen atoms in total. The zero-order valence-corrected chi connectivity index (χ0v) is 10.1. The van der Waals surface area contributed by atoms with E-state index in [1.54, 1.807) is 24.3 Å². The van der Waals surface area contributed by atoms with E-state index in [1.807, 2.05) is 25.1 Å². The van der Waals surface area contributed by atoms with E-state index in [1.165, 1.54) is 18.2 Å². The molecule has 0 radical (unpaired) electrons. The fraction of sp³-hybridized carbons (Fsp3) is 0.0625. The van der Waals surface area contributed by atoms with Crippen molar-refractivity contribution in [2.45, 2.75) is 6.92 Å². The Hall–Kier alpha value is -2.22. The molecule has 0 aromatic heterocycles. The van der Waals surface area contributed by atoms with Crippen molar-refractivity contribution in [1.29, 1.82) is 0 Å². The number of carbonyl (C=O) groups is 1. The van der Waals surface area contributed by atoms with Crippen molar-refractivity contribution in [3.8, 4) is 0 Å². The van der Waals surface area contributed by atoms with E-state index in [4.69, 9.17) is 0 Å². The molecule has 0 aliphatic rings. The van der Waals surface area contributed by atoms with Gasteiger partial charge in [-0.1, -0.05) is 42.5 Å². The summed E-state index contributed by atoms with van der Waals surface area (Å²) in [6.45, 7) is 1.90. The van der Waals surface area contributed by atoms with Crippen LogP contribution in [0.15, 0.2) is 54.6 Å². The second-order valence-electron chi connectivity index (χ2n) is 4.06. The maximum absolute atomic E-state index is 12.7. The van der Waals surface area contributed by atoms with Crippen LogP contribution < -0.4 is 0 Å². The molecule has 2 aromatic carbocycles. The standard InChI is InChI=1S/C16H13FO/c1-12-4-2-3-5-15(12)16(18)11-8-13-6-9-14(17)10-7-13/h2-11H,1H3/b11-8+. The minimum Gasteiger partial charge on any atom is -0.289 e. The van der Waals surface area contributed by atoms with Gasteiger partial charge in [0.15, 0.2) is 5.78 Å². The van der Waals surface area contributed by atoms with Crippen molar-refractivity contribution < 1.29 is 9.18 Å². The van der Waals surface area contributed by atoms with Gasteiger partial charge in [-0.15, -0.1) is 0 Å². The van der Waals surface area contributed by atoms with Gasteiger partial charge in [-0.2, -0.15) is 0 Å². The van der Waals surface area contributed by atoms with Crippen molar-refractivity contribution in [3.63, 3.8) is 0 Å². The Balaban J connectivity index is 2.17. The summed E-state index contributed by atoms with van der Waals surface area (Å²) in [5.74, 6) is -0.324. The average molecular weight is 240 g/mol. The monoisotopic (exact) mass is 240 g/mol. The van der Waals surface area contributed by atoms with Gasteiger partial charge in [0.2, 0.25) is 0 Å². The second kappa shape index (κ2) is 5.41. The van der Waals surface area contributed by atoms with Gasteiger partial charge < -0.3 is 0 Å². The molecule has 0 N–H and O–H groups in total. The molecule has 0 aliphatic carbocycles. The largest absolute Gasteiger partial charge is 0.289 e. The first kappa shape index (κ1) is 12.2. The molecule has 90 valence electrons. The Bertz CT molecular complexity index is 582. The number of ketones is 1. The number of aryl methyl sites for hydroxylation is 1. The smallest absolute Gasteiger partial charge is 0.186 e. The summed E-state index contributed by atoms with van der Waals surface area (Å²) in [6, 6.07) is 13.5. The van der Waals surface area contributed by atoms with Crippen LogP contribution in [-0.2, 0) is 0 Å². The number of allylic oxidation sites excluding steroid dienone is 1. The first-order valence-electron chi connectivity index (χ1n) is 5.70. The summed E-state index contributed by atoms with van der Waals surface area (Å²) >= 11 is 0. The number of benzene rings is 2. The predicted octanol–water partition coefficient (Wildman–Crippen LogP) is 4.03. The molecule has 2 aromatic rings. The van der Waals surface area contributed by atoms with Gasteiger partial charge in [0.25, 0.3) is 0 Å². The minimum atomic E-state index is -0.280. The lowest BCUT2D eigenvalue weighted by molar-refractivity contribution is 0.104. The minimum absolute atomic E-state index is 0.0441. The summed E-state index contributed by atoms with van der Waals surface area (Å²) < 4.78 is 12.7. The van der Waals surface area contributed by atoms with Crippen LogP contribution in [0, 0.1) is 12.7 Å². The molecule has 0 bridgehead atoms. The van der Waals surface area contributed by atoms with E-state index in [-0.39, 0.29) is 11.6 Å². The van der Waals surface area contributed by atoms with Crippen molar-refractivity contribution in [1.82, 2.24) is 0 Å². The lowest BCUT2D eigenvalue weighted by atomic mass is 10.0. The SMILES string of the molecule is Cc1ccccc1C(=O)/C=C/c1ccc(F)cc1. The van der Waals surface area contributed by atoms with Gasteiger partial charge in [0.1, 0.15) is 5.82 Å². The molecule has 0 heterocycles. The summed E-state index contributed by atoms with van der Waals surface area (Å²) in [5, 5.41) is 0. The van der Waals surface area contributed by atoms with E-state index in [9.17, 15) is 9.18 Å². The first-order valence-corrected chi connectivity index (χ1v) is 5.70. The molecule has 18 heavy (non-hydrogen) atoms. The molecular formula is C16H13FO. The van der Waals surface area contributed by atoms with Gasteiger partial charge in [0.05, 0.1) is 0 Å². The van der Waals surface area contributed by atoms with Crippen LogP contribution in [-0.4, -0.2) is 5.78 Å². The van der Waals surface area contributed by atoms with Gasteiger partial charge in [-0.3, -0.25) is 4.79 Å². The molecule has 2 heteroatoms. The number of hydrogen-bond acceptors (Lipinski definition) is 1. The normalized spacial score (nSPS) is 10.8. The van der Waals surface area contributed by atoms with E-state index < -0.39 is 0 Å². The highest BCUT2D eigenvalue weighted by Gasteiger charge is 2.03. The molecule has 0 fully saturated rings. The Labute approximate surface area is 106 Å². The van der Waals surface area contributed by atoms with Crippen LogP contribution in [0.1, 0.15) is 21.5 Å². The predicted molar refractivity (Wildman–Crippen MR) is 70.9 cm³/mol. The maximum Gasteiger partial charge on any atom is 0.186 e. The van der Waals surface area contributed by atoms with Crippen LogP contribution >= 0.6 is 0 Å². The third kappa shape index (κ3) is 2.92. The average Bonchev–Trinajstić information content (AvgIpc) is 2.38. The van der Waals surface area contributed by atoms with Crippen LogP contribution in [0.3, 0.4) is 0 Å². The Morgan fingerprint density at radius 1 is 1.06 bits per heavy atom. The van der Waals surface area contributed by atoms with Gasteiger partial charge in [-0.05, 0) is 36.3 Å². The van der Waals surface area contributed by atoms with Crippen LogP contribution in [0.25, 0.3) is 6.08 Å². The van der Waals surface area contributed by atoms with Gasteiger partial charge in [-0.25, -0.2) is 4.39 Å². The van der Waals surface area contributed by atoms with E-state index in [2.05, 4.69) is 0 Å². The Morgan fingerprint density at radius 2 is 1.72 bits per heavy atom. The molecule has 0 unspecified atom stereocenters. The zero-order chi connectivity index (χ0) is 13.0. The quantitative estimate of drug-likeness (QED) is 0.584. The molecule has 0 saturated carbocycles. The van der Waals surface area contributed by atoms with Crippen LogP contribution in [0.4, 0.5) is 4.39 Å². The van der Waals surface area contributed by atoms with Crippen molar-refractivity contribution in [2.24, 2.45) is 0 Å². The van der Waals surface area contributed by atoms with Crippen molar-refractivity contribution in [3.05, 3.63) is 77.1 Å². The first-order chi connectivity index (χ1) is 8.66. The highest BCUT2D eigenvalue weighted by Crippen LogP contribution is 2.10. The molecule has 0 atom stereocenters. The topological polar surface area (TPSA) is 17.1 Å². The van der Waals surface area contributed by atoms with E-state index in [0.29, 0.717) is 5.56 Å². The third-order valence-corrected chi connectivity index (χ3v) is 2.71. The Kier molecular flexibility index (Phi) is 3.68. The second-order valence-corrected chi connectivity index (χ2v) is 4.06. The van der Waals surface area contributed by atoms with Gasteiger partial charge in [0, 0.05) is 5.56 Å². The number of rotatable bonds is 3. The van der Waals surface area contributed by atoms with Crippen LogP contribution in [0.5, 0.6) is 0 Å². The molecule has 0 spiro atoms. The molecule has 0 aliphatic heterocycles. The van der Waals surface area contributed by atoms with E-state index >= 15 is 0 Å². The summed E-state index contributed by atoms with van der Waals surface area (Å²) in [4.78, 5) is 11.9. The molecule has 0 saturated heterocycles. The fourth-order valence-corrected chi connectivity index (χ4v) is 1.68. The molecule has 2 rings (SSSR count). The summed E-state index contributed by atoms with van der Waals surface area (Å²) in [7, 11) is 0. The molecular weight excluding hydrogens is 227 g/mol. The summed E-state index contributed by atoms with van der Waals surface area (Å²) in [5.41, 5.74) is 2.44. The number of hydrogen-bond donors (Lipinski definition) is 0. The lowest BCUT2D eigenvalue weighted by Gasteiger charge is -2.00. The fourth-order valence-electron chi connectivity index (χ4n) is 1.68. The van der Waals surface area contributed by atoms with Crippen molar-refractivity contribution >= 4 is 11.9 Å².